The van der Waals surface area contributed by atoms with Crippen molar-refractivity contribution in [3.8, 4) is 11.1 Å². The Morgan fingerprint density at radius 2 is 2.08 bits per heavy atom. The summed E-state index contributed by atoms with van der Waals surface area (Å²) in [5.41, 5.74) is 2.63. The molecule has 2 aliphatic rings. The lowest BCUT2D eigenvalue weighted by Crippen LogP contribution is -2.52. The third kappa shape index (κ3) is 3.00. The van der Waals surface area contributed by atoms with E-state index in [1.165, 1.54) is 0 Å². The number of carbonyl (C=O) groups is 1. The van der Waals surface area contributed by atoms with E-state index in [1.807, 2.05) is 41.5 Å². The number of hydrogen-bond donors (Lipinski definition) is 1. The Morgan fingerprint density at radius 3 is 2.81 bits per heavy atom. The summed E-state index contributed by atoms with van der Waals surface area (Å²) in [5, 5.41) is 2.98. The van der Waals surface area contributed by atoms with Crippen LogP contribution in [0.3, 0.4) is 0 Å². The molecule has 1 saturated heterocycles. The van der Waals surface area contributed by atoms with Crippen LogP contribution in [-0.4, -0.2) is 39.6 Å². The molecule has 0 unspecified atom stereocenters. The molecular weight excluding hydrogens is 328 g/mol. The molecule has 1 fully saturated rings. The number of amides is 2. The number of nitrogens with zero attached hydrogens (tertiary/aromatic N) is 3. The topological polar surface area (TPSA) is 67.2 Å². The maximum atomic E-state index is 13.0. The van der Waals surface area contributed by atoms with E-state index in [9.17, 15) is 9.59 Å². The lowest BCUT2D eigenvalue weighted by Gasteiger charge is -2.43. The lowest BCUT2D eigenvalue weighted by molar-refractivity contribution is 0.130. The number of urea groups is 1. The van der Waals surface area contributed by atoms with Crippen LogP contribution >= 0.6 is 0 Å². The molecule has 2 atom stereocenters. The van der Waals surface area contributed by atoms with E-state index in [0.717, 1.165) is 17.7 Å². The van der Waals surface area contributed by atoms with Gasteiger partial charge in [-0.15, -0.1) is 0 Å². The molecule has 6 nitrogen and oxygen atoms in total. The fraction of sp³-hybridized carbons (Fsp3) is 0.450. The SMILES string of the molecule is CC(C)NC(=O)N1C[C@@H]2C[C@H](C1)c1ccc(-c3cccnc3)c(=O)n1C2. The number of hydrogen-bond acceptors (Lipinski definition) is 3. The fourth-order valence-corrected chi connectivity index (χ4v) is 4.19. The first-order valence-corrected chi connectivity index (χ1v) is 9.22. The molecule has 2 amide bonds. The second-order valence-corrected chi connectivity index (χ2v) is 7.64. The number of pyridine rings is 2. The molecule has 2 aromatic heterocycles. The first-order chi connectivity index (χ1) is 12.5. The van der Waals surface area contributed by atoms with Gasteiger partial charge in [-0.05, 0) is 44.4 Å². The zero-order valence-electron chi connectivity index (χ0n) is 15.2. The molecule has 0 radical (unpaired) electrons. The van der Waals surface area contributed by atoms with Gasteiger partial charge in [0.2, 0.25) is 0 Å². The van der Waals surface area contributed by atoms with Gasteiger partial charge in [-0.2, -0.15) is 0 Å². The number of piperidine rings is 1. The molecule has 0 aliphatic carbocycles. The van der Waals surface area contributed by atoms with Crippen LogP contribution in [0.2, 0.25) is 0 Å². The summed E-state index contributed by atoms with van der Waals surface area (Å²) in [5.74, 6) is 0.539. The number of carbonyl (C=O) groups excluding carboxylic acids is 1. The van der Waals surface area contributed by atoms with Crippen LogP contribution in [0, 0.1) is 5.92 Å². The number of fused-ring (bicyclic) bond motifs is 4. The zero-order valence-corrected chi connectivity index (χ0v) is 15.2. The molecule has 4 rings (SSSR count). The molecule has 0 spiro atoms. The van der Waals surface area contributed by atoms with E-state index in [2.05, 4.69) is 16.4 Å². The molecule has 2 aliphatic heterocycles. The average molecular weight is 352 g/mol. The second-order valence-electron chi connectivity index (χ2n) is 7.64. The van der Waals surface area contributed by atoms with Crippen LogP contribution in [0.5, 0.6) is 0 Å². The predicted molar refractivity (Wildman–Crippen MR) is 100 cm³/mol. The highest BCUT2D eigenvalue weighted by atomic mass is 16.2. The highest BCUT2D eigenvalue weighted by molar-refractivity contribution is 5.74. The molecule has 26 heavy (non-hydrogen) atoms. The van der Waals surface area contributed by atoms with Gasteiger partial charge in [0.1, 0.15) is 0 Å². The molecule has 6 heteroatoms. The van der Waals surface area contributed by atoms with Crippen molar-refractivity contribution < 1.29 is 4.79 Å². The summed E-state index contributed by atoms with van der Waals surface area (Å²) in [6, 6.07) is 7.84. The first kappa shape index (κ1) is 16.8. The molecule has 0 aromatic carbocycles. The monoisotopic (exact) mass is 352 g/mol. The minimum atomic E-state index is -0.00234. The highest BCUT2D eigenvalue weighted by Gasteiger charge is 2.36. The molecule has 1 N–H and O–H groups in total. The molecule has 0 saturated carbocycles. The number of nitrogens with one attached hydrogen (secondary N) is 1. The van der Waals surface area contributed by atoms with Crippen molar-refractivity contribution in [1.82, 2.24) is 19.8 Å². The van der Waals surface area contributed by atoms with Crippen LogP contribution in [0.4, 0.5) is 4.79 Å². The minimum Gasteiger partial charge on any atom is -0.336 e. The van der Waals surface area contributed by atoms with Gasteiger partial charge in [0.05, 0.1) is 0 Å². The van der Waals surface area contributed by atoms with Gasteiger partial charge >= 0.3 is 6.03 Å². The third-order valence-corrected chi connectivity index (χ3v) is 5.28. The molecule has 2 bridgehead atoms. The van der Waals surface area contributed by atoms with Crippen molar-refractivity contribution in [2.45, 2.75) is 38.8 Å². The Bertz CT molecular complexity index is 875. The van der Waals surface area contributed by atoms with Crippen LogP contribution in [0.25, 0.3) is 11.1 Å². The molecular formula is C20H24N4O2. The summed E-state index contributed by atoms with van der Waals surface area (Å²) < 4.78 is 1.92. The van der Waals surface area contributed by atoms with Crippen molar-refractivity contribution >= 4 is 6.03 Å². The van der Waals surface area contributed by atoms with Crippen molar-refractivity contribution in [2.24, 2.45) is 5.92 Å². The van der Waals surface area contributed by atoms with Crippen LogP contribution in [0.1, 0.15) is 31.9 Å². The van der Waals surface area contributed by atoms with Gasteiger partial charge in [0.15, 0.2) is 0 Å². The maximum absolute atomic E-state index is 13.0. The Morgan fingerprint density at radius 1 is 1.23 bits per heavy atom. The second kappa shape index (κ2) is 6.59. The van der Waals surface area contributed by atoms with Crippen LogP contribution in [-0.2, 0) is 6.54 Å². The van der Waals surface area contributed by atoms with Crippen LogP contribution in [0.15, 0.2) is 41.5 Å². The summed E-state index contributed by atoms with van der Waals surface area (Å²) in [6.07, 6.45) is 4.48. The predicted octanol–water partition coefficient (Wildman–Crippen LogP) is 2.45. The minimum absolute atomic E-state index is 0.00234. The summed E-state index contributed by atoms with van der Waals surface area (Å²) in [7, 11) is 0. The van der Waals surface area contributed by atoms with Crippen LogP contribution < -0.4 is 10.9 Å². The normalized spacial score (nSPS) is 21.4. The first-order valence-electron chi connectivity index (χ1n) is 9.22. The number of rotatable bonds is 2. The van der Waals surface area contributed by atoms with Crippen molar-refractivity contribution in [3.63, 3.8) is 0 Å². The van der Waals surface area contributed by atoms with E-state index in [1.54, 1.807) is 12.4 Å². The standard InChI is InChI=1S/C20H24N4O2/c1-13(2)22-20(26)23-10-14-8-16(12-23)18-6-5-17(19(25)24(18)11-14)15-4-3-7-21-9-15/h3-7,9,13-14,16H,8,10-12H2,1-2H3,(H,22,26)/t14-,16+/m0/s1. The van der Waals surface area contributed by atoms with Gasteiger partial charge in [0, 0.05) is 60.8 Å². The van der Waals surface area contributed by atoms with Gasteiger partial charge < -0.3 is 14.8 Å². The quantitative estimate of drug-likeness (QED) is 0.903. The fourth-order valence-electron chi connectivity index (χ4n) is 4.19. The Balaban J connectivity index is 1.65. The Labute approximate surface area is 152 Å². The maximum Gasteiger partial charge on any atom is 0.317 e. The van der Waals surface area contributed by atoms with Gasteiger partial charge in [-0.25, -0.2) is 4.79 Å². The number of likely N-dealkylation sites (tertiary alicyclic amines) is 1. The third-order valence-electron chi connectivity index (χ3n) is 5.28. The van der Waals surface area contributed by atoms with Crippen molar-refractivity contribution in [1.29, 1.82) is 0 Å². The van der Waals surface area contributed by atoms with Crippen molar-refractivity contribution in [3.05, 3.63) is 52.7 Å². The van der Waals surface area contributed by atoms with E-state index < -0.39 is 0 Å². The zero-order chi connectivity index (χ0) is 18.3. The van der Waals surface area contributed by atoms with E-state index in [4.69, 9.17) is 0 Å². The van der Waals surface area contributed by atoms with Gasteiger partial charge in [-0.3, -0.25) is 9.78 Å². The van der Waals surface area contributed by atoms with E-state index >= 15 is 0 Å². The summed E-state index contributed by atoms with van der Waals surface area (Å²) in [4.78, 5) is 31.5. The van der Waals surface area contributed by atoms with E-state index in [-0.39, 0.29) is 23.6 Å². The highest BCUT2D eigenvalue weighted by Crippen LogP contribution is 2.35. The van der Waals surface area contributed by atoms with Crippen molar-refractivity contribution in [2.75, 3.05) is 13.1 Å². The molecule has 4 heterocycles. The summed E-state index contributed by atoms with van der Waals surface area (Å²) in [6.45, 7) is 5.98. The largest absolute Gasteiger partial charge is 0.336 e. The summed E-state index contributed by atoms with van der Waals surface area (Å²) >= 11 is 0. The molecule has 136 valence electrons. The lowest BCUT2D eigenvalue weighted by atomic mass is 9.83. The average Bonchev–Trinajstić information content (AvgIpc) is 2.62. The van der Waals surface area contributed by atoms with Gasteiger partial charge in [0.25, 0.3) is 5.56 Å². The van der Waals surface area contributed by atoms with Gasteiger partial charge in [-0.1, -0.05) is 6.07 Å². The Kier molecular flexibility index (Phi) is 4.26. The molecule has 2 aromatic rings. The Hall–Kier alpha value is -2.63. The number of aromatic nitrogens is 2. The van der Waals surface area contributed by atoms with E-state index in [0.29, 0.717) is 31.1 Å². The smallest absolute Gasteiger partial charge is 0.317 e.